The van der Waals surface area contributed by atoms with E-state index in [4.69, 9.17) is 0 Å². The van der Waals surface area contributed by atoms with Crippen molar-refractivity contribution in [3.63, 3.8) is 0 Å². The van der Waals surface area contributed by atoms with Crippen LogP contribution < -0.4 is 0 Å². The van der Waals surface area contributed by atoms with Gasteiger partial charge in [0.2, 0.25) is 0 Å². The molecule has 0 fully saturated rings. The van der Waals surface area contributed by atoms with Crippen LogP contribution in [0.1, 0.15) is 38.5 Å². The molecule has 14 heavy (non-hydrogen) atoms. The summed E-state index contributed by atoms with van der Waals surface area (Å²) in [5.41, 5.74) is 2.90. The summed E-state index contributed by atoms with van der Waals surface area (Å²) >= 11 is 0. The Kier molecular flexibility index (Phi) is 3.39. The molecule has 0 heterocycles. The van der Waals surface area contributed by atoms with Crippen LogP contribution in [0.15, 0.2) is 47.6 Å². The third kappa shape index (κ3) is 2.73. The molecule has 0 aromatic rings. The highest BCUT2D eigenvalue weighted by Gasteiger charge is 1.99. The molecule has 74 valence electrons. The van der Waals surface area contributed by atoms with E-state index < -0.39 is 0 Å². The van der Waals surface area contributed by atoms with E-state index in [1.807, 2.05) is 0 Å². The molecule has 0 aromatic carbocycles. The smallest absolute Gasteiger partial charge is 0.0282 e. The second-order valence-electron chi connectivity index (χ2n) is 4.04. The van der Waals surface area contributed by atoms with E-state index in [0.717, 1.165) is 0 Å². The first-order valence-electron chi connectivity index (χ1n) is 5.69. The Balaban J connectivity index is 1.95. The van der Waals surface area contributed by atoms with Gasteiger partial charge in [-0.3, -0.25) is 0 Å². The lowest BCUT2D eigenvalue weighted by Gasteiger charge is -2.08. The van der Waals surface area contributed by atoms with Crippen molar-refractivity contribution in [1.82, 2.24) is 0 Å². The van der Waals surface area contributed by atoms with Crippen LogP contribution in [0.2, 0.25) is 0 Å². The van der Waals surface area contributed by atoms with Crippen molar-refractivity contribution in [2.75, 3.05) is 0 Å². The molecule has 0 radical (unpaired) electrons. The Morgan fingerprint density at radius 2 is 1.93 bits per heavy atom. The fourth-order valence-electron chi connectivity index (χ4n) is 1.97. The number of rotatable bonds is 2. The van der Waals surface area contributed by atoms with Gasteiger partial charge in [0.25, 0.3) is 0 Å². The van der Waals surface area contributed by atoms with Gasteiger partial charge in [0.15, 0.2) is 0 Å². The topological polar surface area (TPSA) is 0 Å². The molecule has 0 atom stereocenters. The monoisotopic (exact) mass is 186 g/mol. The molecule has 0 unspecified atom stereocenters. The highest BCUT2D eigenvalue weighted by Crippen LogP contribution is 2.19. The van der Waals surface area contributed by atoms with Crippen LogP contribution in [0.4, 0.5) is 0 Å². The molecule has 0 amide bonds. The summed E-state index contributed by atoms with van der Waals surface area (Å²) in [5, 5.41) is 0. The predicted molar refractivity (Wildman–Crippen MR) is 62.1 cm³/mol. The third-order valence-electron chi connectivity index (χ3n) is 2.84. The third-order valence-corrected chi connectivity index (χ3v) is 2.84. The Morgan fingerprint density at radius 1 is 0.929 bits per heavy atom. The molecule has 2 rings (SSSR count). The highest BCUT2D eigenvalue weighted by atomic mass is 14.1. The summed E-state index contributed by atoms with van der Waals surface area (Å²) in [6.45, 7) is 0. The maximum Gasteiger partial charge on any atom is -0.0282 e. The van der Waals surface area contributed by atoms with Gasteiger partial charge in [0, 0.05) is 0 Å². The molecule has 2 aliphatic rings. The molecule has 0 aliphatic heterocycles. The van der Waals surface area contributed by atoms with E-state index in [9.17, 15) is 0 Å². The standard InChI is InChI=1S/C14H18/c1-3-7-13(8-4-1)11-12-14-9-5-2-6-10-14/h3,7-9,11-12H,1-2,4-6,10H2. The van der Waals surface area contributed by atoms with E-state index in [2.05, 4.69) is 36.5 Å². The van der Waals surface area contributed by atoms with Crippen molar-refractivity contribution in [1.29, 1.82) is 0 Å². The Morgan fingerprint density at radius 3 is 2.64 bits per heavy atom. The summed E-state index contributed by atoms with van der Waals surface area (Å²) in [4.78, 5) is 0. The van der Waals surface area contributed by atoms with Gasteiger partial charge in [0.1, 0.15) is 0 Å². The quantitative estimate of drug-likeness (QED) is 0.602. The fourth-order valence-corrected chi connectivity index (χ4v) is 1.97. The van der Waals surface area contributed by atoms with Crippen LogP contribution >= 0.6 is 0 Å². The van der Waals surface area contributed by atoms with E-state index in [0.29, 0.717) is 0 Å². The van der Waals surface area contributed by atoms with Crippen molar-refractivity contribution in [2.24, 2.45) is 0 Å². The van der Waals surface area contributed by atoms with Gasteiger partial charge in [-0.15, -0.1) is 0 Å². The molecule has 0 N–H and O–H groups in total. The normalized spacial score (nSPS) is 22.3. The minimum atomic E-state index is 1.20. The summed E-state index contributed by atoms with van der Waals surface area (Å²) in [6, 6.07) is 0. The Labute approximate surface area is 86.7 Å². The molecular formula is C14H18. The molecule has 0 nitrogen and oxygen atoms in total. The number of hydrogen-bond acceptors (Lipinski definition) is 0. The van der Waals surface area contributed by atoms with Crippen molar-refractivity contribution in [3.8, 4) is 0 Å². The molecule has 0 saturated heterocycles. The summed E-state index contributed by atoms with van der Waals surface area (Å²) in [6.07, 6.45) is 21.4. The van der Waals surface area contributed by atoms with Crippen LogP contribution in [0.5, 0.6) is 0 Å². The van der Waals surface area contributed by atoms with Crippen LogP contribution in [-0.4, -0.2) is 0 Å². The molecule has 0 spiro atoms. The second kappa shape index (κ2) is 4.99. The number of allylic oxidation sites excluding steroid dienone is 8. The molecular weight excluding hydrogens is 168 g/mol. The molecule has 0 heteroatoms. The van der Waals surface area contributed by atoms with Gasteiger partial charge < -0.3 is 0 Å². The fraction of sp³-hybridized carbons (Fsp3) is 0.429. The minimum Gasteiger partial charge on any atom is -0.0836 e. The molecule has 0 bridgehead atoms. The summed E-state index contributed by atoms with van der Waals surface area (Å²) in [7, 11) is 0. The van der Waals surface area contributed by atoms with E-state index in [-0.39, 0.29) is 0 Å². The Hall–Kier alpha value is -1.04. The van der Waals surface area contributed by atoms with Gasteiger partial charge in [-0.1, -0.05) is 42.0 Å². The largest absolute Gasteiger partial charge is 0.0836 e. The maximum absolute atomic E-state index is 2.38. The van der Waals surface area contributed by atoms with E-state index in [1.165, 1.54) is 49.7 Å². The lowest BCUT2D eigenvalue weighted by atomic mass is 9.98. The summed E-state index contributed by atoms with van der Waals surface area (Å²) in [5.74, 6) is 0. The average molecular weight is 186 g/mol. The average Bonchev–Trinajstić information content (AvgIpc) is 2.29. The van der Waals surface area contributed by atoms with Crippen LogP contribution in [0.25, 0.3) is 0 Å². The Bertz CT molecular complexity index is 300. The van der Waals surface area contributed by atoms with Gasteiger partial charge in [-0.25, -0.2) is 0 Å². The molecule has 0 aromatic heterocycles. The zero-order valence-corrected chi connectivity index (χ0v) is 8.71. The first-order chi connectivity index (χ1) is 6.95. The first-order valence-corrected chi connectivity index (χ1v) is 5.69. The van der Waals surface area contributed by atoms with Crippen LogP contribution in [0, 0.1) is 0 Å². The van der Waals surface area contributed by atoms with Gasteiger partial charge >= 0.3 is 0 Å². The van der Waals surface area contributed by atoms with Gasteiger partial charge in [0.05, 0.1) is 0 Å². The number of hydrogen-bond donors (Lipinski definition) is 0. The maximum atomic E-state index is 2.38. The van der Waals surface area contributed by atoms with Gasteiger partial charge in [-0.2, -0.15) is 0 Å². The molecule has 2 aliphatic carbocycles. The van der Waals surface area contributed by atoms with Crippen molar-refractivity contribution in [2.45, 2.75) is 38.5 Å². The lowest BCUT2D eigenvalue weighted by molar-refractivity contribution is 0.712. The second-order valence-corrected chi connectivity index (χ2v) is 4.04. The summed E-state index contributed by atoms with van der Waals surface area (Å²) < 4.78 is 0. The van der Waals surface area contributed by atoms with Crippen molar-refractivity contribution >= 4 is 0 Å². The lowest BCUT2D eigenvalue weighted by Crippen LogP contribution is -1.88. The van der Waals surface area contributed by atoms with Crippen molar-refractivity contribution < 1.29 is 0 Å². The zero-order valence-electron chi connectivity index (χ0n) is 8.71. The van der Waals surface area contributed by atoms with Crippen LogP contribution in [0.3, 0.4) is 0 Å². The van der Waals surface area contributed by atoms with E-state index >= 15 is 0 Å². The zero-order chi connectivity index (χ0) is 9.64. The van der Waals surface area contributed by atoms with E-state index in [1.54, 1.807) is 0 Å². The first kappa shape index (κ1) is 9.51. The highest BCUT2D eigenvalue weighted by molar-refractivity contribution is 5.36. The van der Waals surface area contributed by atoms with Gasteiger partial charge in [-0.05, 0) is 44.1 Å². The predicted octanol–water partition coefficient (Wildman–Crippen LogP) is 4.32. The van der Waals surface area contributed by atoms with Crippen LogP contribution in [-0.2, 0) is 0 Å². The SMILES string of the molecule is C1=CC(C=CC2=CCCCC2)=CCC1. The van der Waals surface area contributed by atoms with Crippen molar-refractivity contribution in [3.05, 3.63) is 47.6 Å². The molecule has 0 saturated carbocycles. The minimum absolute atomic E-state index is 1.20.